The number of rotatable bonds is 6. The molecular weight excluding hydrogens is 366 g/mol. The average Bonchev–Trinajstić information content (AvgIpc) is 2.69. The van der Waals surface area contributed by atoms with Crippen LogP contribution < -0.4 is 19.9 Å². The molecule has 0 bridgehead atoms. The average molecular weight is 394 g/mol. The van der Waals surface area contributed by atoms with Crippen molar-refractivity contribution >= 4 is 5.65 Å². The molecule has 1 aliphatic rings. The van der Waals surface area contributed by atoms with Crippen LogP contribution in [0.3, 0.4) is 0 Å². The molecular formula is C23H28N3O3+. The van der Waals surface area contributed by atoms with Crippen LogP contribution in [0, 0.1) is 6.92 Å². The zero-order chi connectivity index (χ0) is 20.4. The van der Waals surface area contributed by atoms with Crippen LogP contribution in [0.15, 0.2) is 41.2 Å². The Morgan fingerprint density at radius 2 is 1.79 bits per heavy atom. The standard InChI is InChI=1S/C23H27N3O3/c1-4-28-20-11-17-9-10-25(14-18(17)12-21(20)29-5-2)15-19-13-23(27)26-16(3)7-6-8-22(26)24-19/h6-8,11-13H,4-5,9-10,14-15H2,1-3H3/p+1. The first-order valence-corrected chi connectivity index (χ1v) is 10.3. The summed E-state index contributed by atoms with van der Waals surface area (Å²) in [6.07, 6.45) is 0.975. The third-order valence-corrected chi connectivity index (χ3v) is 5.42. The minimum Gasteiger partial charge on any atom is -0.490 e. The summed E-state index contributed by atoms with van der Waals surface area (Å²) in [6.45, 7) is 9.75. The predicted octanol–water partition coefficient (Wildman–Crippen LogP) is 1.94. The number of hydrogen-bond donors (Lipinski definition) is 1. The van der Waals surface area contributed by atoms with Gasteiger partial charge in [0.1, 0.15) is 24.4 Å². The zero-order valence-electron chi connectivity index (χ0n) is 17.3. The van der Waals surface area contributed by atoms with Crippen molar-refractivity contribution in [1.82, 2.24) is 9.38 Å². The molecule has 0 amide bonds. The number of nitrogens with one attached hydrogen (secondary N) is 1. The van der Waals surface area contributed by atoms with Crippen molar-refractivity contribution in [1.29, 1.82) is 0 Å². The Labute approximate surface area is 170 Å². The molecule has 0 saturated carbocycles. The van der Waals surface area contributed by atoms with E-state index in [-0.39, 0.29) is 5.56 Å². The highest BCUT2D eigenvalue weighted by Crippen LogP contribution is 2.32. The normalized spacial score (nSPS) is 15.9. The largest absolute Gasteiger partial charge is 0.490 e. The van der Waals surface area contributed by atoms with Gasteiger partial charge in [-0.25, -0.2) is 4.98 Å². The Hall–Kier alpha value is -2.86. The number of hydrogen-bond acceptors (Lipinski definition) is 4. The second-order valence-corrected chi connectivity index (χ2v) is 7.48. The van der Waals surface area contributed by atoms with Gasteiger partial charge in [-0.15, -0.1) is 0 Å². The summed E-state index contributed by atoms with van der Waals surface area (Å²) < 4.78 is 13.2. The predicted molar refractivity (Wildman–Crippen MR) is 112 cm³/mol. The maximum Gasteiger partial charge on any atom is 0.258 e. The quantitative estimate of drug-likeness (QED) is 0.694. The van der Waals surface area contributed by atoms with E-state index in [9.17, 15) is 4.79 Å². The van der Waals surface area contributed by atoms with Crippen molar-refractivity contribution in [2.75, 3.05) is 19.8 Å². The number of pyridine rings is 1. The molecule has 3 aromatic rings. The molecule has 2 aromatic heterocycles. The van der Waals surface area contributed by atoms with E-state index in [1.807, 2.05) is 39.0 Å². The van der Waals surface area contributed by atoms with Crippen molar-refractivity contribution in [3.63, 3.8) is 0 Å². The third kappa shape index (κ3) is 3.98. The van der Waals surface area contributed by atoms with Gasteiger partial charge < -0.3 is 14.4 Å². The van der Waals surface area contributed by atoms with Crippen LogP contribution in [-0.2, 0) is 19.5 Å². The molecule has 6 heteroatoms. The highest BCUT2D eigenvalue weighted by molar-refractivity contribution is 5.48. The summed E-state index contributed by atoms with van der Waals surface area (Å²) in [5, 5.41) is 0. The lowest BCUT2D eigenvalue weighted by molar-refractivity contribution is -0.929. The van der Waals surface area contributed by atoms with Crippen LogP contribution in [0.2, 0.25) is 0 Å². The Kier molecular flexibility index (Phi) is 5.53. The Balaban J connectivity index is 1.58. The van der Waals surface area contributed by atoms with E-state index in [0.29, 0.717) is 18.9 Å². The van der Waals surface area contributed by atoms with Gasteiger partial charge in [-0.1, -0.05) is 6.07 Å². The minimum absolute atomic E-state index is 0.0140. The second kappa shape index (κ2) is 8.25. The Morgan fingerprint density at radius 1 is 1.07 bits per heavy atom. The summed E-state index contributed by atoms with van der Waals surface area (Å²) >= 11 is 0. The fraction of sp³-hybridized carbons (Fsp3) is 0.391. The number of fused-ring (bicyclic) bond motifs is 2. The first-order chi connectivity index (χ1) is 14.1. The van der Waals surface area contributed by atoms with Gasteiger partial charge in [0.15, 0.2) is 11.5 Å². The lowest BCUT2D eigenvalue weighted by Gasteiger charge is -2.27. The van der Waals surface area contributed by atoms with Gasteiger partial charge in [0.2, 0.25) is 0 Å². The minimum atomic E-state index is -0.0140. The van der Waals surface area contributed by atoms with Gasteiger partial charge in [-0.05, 0) is 50.6 Å². The van der Waals surface area contributed by atoms with Gasteiger partial charge in [-0.3, -0.25) is 9.20 Å². The van der Waals surface area contributed by atoms with Crippen molar-refractivity contribution in [3.8, 4) is 11.5 Å². The van der Waals surface area contributed by atoms with Crippen LogP contribution in [0.5, 0.6) is 11.5 Å². The van der Waals surface area contributed by atoms with E-state index in [2.05, 4.69) is 12.1 Å². The number of aryl methyl sites for hydroxylation is 1. The molecule has 1 atom stereocenters. The Morgan fingerprint density at radius 3 is 2.52 bits per heavy atom. The molecule has 1 aromatic carbocycles. The van der Waals surface area contributed by atoms with Crippen molar-refractivity contribution in [2.24, 2.45) is 0 Å². The number of quaternary nitrogens is 1. The summed E-state index contributed by atoms with van der Waals surface area (Å²) in [7, 11) is 0. The van der Waals surface area contributed by atoms with Gasteiger partial charge in [0, 0.05) is 23.7 Å². The first kappa shape index (κ1) is 19.5. The van der Waals surface area contributed by atoms with Crippen LogP contribution >= 0.6 is 0 Å². The molecule has 29 heavy (non-hydrogen) atoms. The number of aromatic nitrogens is 2. The first-order valence-electron chi connectivity index (χ1n) is 10.3. The maximum absolute atomic E-state index is 12.6. The molecule has 152 valence electrons. The van der Waals surface area contributed by atoms with Crippen molar-refractivity contribution in [3.05, 3.63) is 69.3 Å². The summed E-state index contributed by atoms with van der Waals surface area (Å²) in [5.74, 6) is 1.64. The summed E-state index contributed by atoms with van der Waals surface area (Å²) in [5.41, 5.74) is 5.05. The monoisotopic (exact) mass is 394 g/mol. The van der Waals surface area contributed by atoms with Crippen LogP contribution in [0.4, 0.5) is 0 Å². The Bertz CT molecular complexity index is 1090. The lowest BCUT2D eigenvalue weighted by Crippen LogP contribution is -3.10. The summed E-state index contributed by atoms with van der Waals surface area (Å²) in [4.78, 5) is 18.7. The van der Waals surface area contributed by atoms with Gasteiger partial charge >= 0.3 is 0 Å². The van der Waals surface area contributed by atoms with Crippen LogP contribution in [-0.4, -0.2) is 29.1 Å². The van der Waals surface area contributed by atoms with E-state index < -0.39 is 0 Å². The molecule has 4 rings (SSSR count). The third-order valence-electron chi connectivity index (χ3n) is 5.42. The fourth-order valence-corrected chi connectivity index (χ4v) is 4.11. The molecule has 0 aliphatic carbocycles. The van der Waals surface area contributed by atoms with E-state index in [1.54, 1.807) is 10.5 Å². The molecule has 6 nitrogen and oxygen atoms in total. The van der Waals surface area contributed by atoms with Crippen LogP contribution in [0.25, 0.3) is 5.65 Å². The second-order valence-electron chi connectivity index (χ2n) is 7.48. The van der Waals surface area contributed by atoms with Crippen molar-refractivity contribution in [2.45, 2.75) is 40.3 Å². The molecule has 1 N–H and O–H groups in total. The molecule has 0 spiro atoms. The van der Waals surface area contributed by atoms with Gasteiger partial charge in [0.25, 0.3) is 5.56 Å². The number of ether oxygens (including phenoxy) is 2. The highest BCUT2D eigenvalue weighted by atomic mass is 16.5. The molecule has 0 saturated heterocycles. The SMILES string of the molecule is CCOc1cc2c(cc1OCC)C[NH+](Cc1cc(=O)n3c(C)cccc3n1)CC2. The zero-order valence-corrected chi connectivity index (χ0v) is 17.3. The topological polar surface area (TPSA) is 57.3 Å². The lowest BCUT2D eigenvalue weighted by atomic mass is 9.98. The van der Waals surface area contributed by atoms with E-state index in [4.69, 9.17) is 14.5 Å². The highest BCUT2D eigenvalue weighted by Gasteiger charge is 2.23. The van der Waals surface area contributed by atoms with E-state index in [0.717, 1.165) is 48.9 Å². The number of benzene rings is 1. The van der Waals surface area contributed by atoms with Crippen molar-refractivity contribution < 1.29 is 14.4 Å². The van der Waals surface area contributed by atoms with Gasteiger partial charge in [0.05, 0.1) is 19.8 Å². The number of nitrogens with zero attached hydrogens (tertiary/aromatic N) is 2. The molecule has 1 unspecified atom stereocenters. The van der Waals surface area contributed by atoms with Gasteiger partial charge in [-0.2, -0.15) is 0 Å². The smallest absolute Gasteiger partial charge is 0.258 e. The van der Waals surface area contributed by atoms with E-state index in [1.165, 1.54) is 16.0 Å². The fourth-order valence-electron chi connectivity index (χ4n) is 4.11. The molecule has 0 radical (unpaired) electrons. The molecule has 0 fully saturated rings. The molecule has 1 aliphatic heterocycles. The summed E-state index contributed by atoms with van der Waals surface area (Å²) in [6, 6.07) is 11.7. The van der Waals surface area contributed by atoms with Crippen LogP contribution in [0.1, 0.15) is 36.4 Å². The molecule has 3 heterocycles. The van der Waals surface area contributed by atoms with E-state index >= 15 is 0 Å². The maximum atomic E-state index is 12.6.